The number of carbonyl (C=O) groups excluding carboxylic acids is 2. The second kappa shape index (κ2) is 8.46. The first-order chi connectivity index (χ1) is 14.8. The highest BCUT2D eigenvalue weighted by molar-refractivity contribution is 6.07. The van der Waals surface area contributed by atoms with Gasteiger partial charge < -0.3 is 19.1 Å². The summed E-state index contributed by atoms with van der Waals surface area (Å²) in [5.41, 5.74) is 2.41. The van der Waals surface area contributed by atoms with E-state index in [1.54, 1.807) is 4.90 Å². The van der Waals surface area contributed by atoms with Gasteiger partial charge in [0.05, 0.1) is 5.56 Å². The number of piperazine rings is 1. The Balaban J connectivity index is 1.50. The predicted molar refractivity (Wildman–Crippen MR) is 121 cm³/mol. The molecule has 2 amide bonds. The largest absolute Gasteiger partial charge is 0.444 e. The van der Waals surface area contributed by atoms with Crippen molar-refractivity contribution in [2.75, 3.05) is 26.2 Å². The maximum atomic E-state index is 13.4. The van der Waals surface area contributed by atoms with Gasteiger partial charge in [-0.1, -0.05) is 48.5 Å². The average molecular weight is 420 g/mol. The highest BCUT2D eigenvalue weighted by atomic mass is 16.6. The van der Waals surface area contributed by atoms with E-state index in [-0.39, 0.29) is 12.0 Å². The van der Waals surface area contributed by atoms with Gasteiger partial charge in [0.15, 0.2) is 0 Å². The lowest BCUT2D eigenvalue weighted by Gasteiger charge is -2.35. The normalized spacial score (nSPS) is 14.7. The molecule has 0 unspecified atom stereocenters. The molecule has 1 fully saturated rings. The zero-order chi connectivity index (χ0) is 22.0. The topological polar surface area (TPSA) is 54.8 Å². The molecule has 1 saturated heterocycles. The van der Waals surface area contributed by atoms with Crippen LogP contribution in [0.15, 0.2) is 60.8 Å². The molecule has 0 spiro atoms. The molecule has 2 heterocycles. The Morgan fingerprint density at radius 3 is 2.16 bits per heavy atom. The van der Waals surface area contributed by atoms with E-state index in [0.717, 1.165) is 10.9 Å². The Kier molecular flexibility index (Phi) is 5.72. The smallest absolute Gasteiger partial charge is 0.410 e. The number of nitrogens with zero attached hydrogens (tertiary/aromatic N) is 3. The third-order valence-corrected chi connectivity index (χ3v) is 5.43. The van der Waals surface area contributed by atoms with Gasteiger partial charge in [0.1, 0.15) is 5.60 Å². The van der Waals surface area contributed by atoms with Crippen LogP contribution in [0.25, 0.3) is 10.9 Å². The van der Waals surface area contributed by atoms with E-state index >= 15 is 0 Å². The van der Waals surface area contributed by atoms with Crippen molar-refractivity contribution in [3.05, 3.63) is 71.9 Å². The maximum absolute atomic E-state index is 13.4. The van der Waals surface area contributed by atoms with Gasteiger partial charge in [-0.2, -0.15) is 0 Å². The molecule has 1 aromatic heterocycles. The monoisotopic (exact) mass is 419 g/mol. The number of fused-ring (bicyclic) bond motifs is 1. The summed E-state index contributed by atoms with van der Waals surface area (Å²) in [7, 11) is 0. The fourth-order valence-corrected chi connectivity index (χ4v) is 3.92. The van der Waals surface area contributed by atoms with Crippen LogP contribution in [0.1, 0.15) is 36.7 Å². The molecule has 0 aliphatic carbocycles. The first kappa shape index (κ1) is 21.0. The summed E-state index contributed by atoms with van der Waals surface area (Å²) in [6, 6.07) is 18.2. The summed E-state index contributed by atoms with van der Waals surface area (Å²) < 4.78 is 7.59. The van der Waals surface area contributed by atoms with Crippen molar-refractivity contribution >= 4 is 22.9 Å². The molecular weight excluding hydrogens is 390 g/mol. The fraction of sp³-hybridized carbons (Fsp3) is 0.360. The van der Waals surface area contributed by atoms with Crippen molar-refractivity contribution in [1.82, 2.24) is 14.4 Å². The molecule has 0 atom stereocenters. The molecule has 1 aliphatic heterocycles. The minimum Gasteiger partial charge on any atom is -0.444 e. The minimum atomic E-state index is -0.523. The van der Waals surface area contributed by atoms with Gasteiger partial charge in [-0.3, -0.25) is 4.79 Å². The molecule has 1 aliphatic rings. The van der Waals surface area contributed by atoms with Crippen LogP contribution < -0.4 is 0 Å². The Labute approximate surface area is 183 Å². The zero-order valence-corrected chi connectivity index (χ0v) is 18.4. The van der Waals surface area contributed by atoms with Crippen molar-refractivity contribution < 1.29 is 14.3 Å². The van der Waals surface area contributed by atoms with Crippen LogP contribution >= 0.6 is 0 Å². The lowest BCUT2D eigenvalue weighted by molar-refractivity contribution is 0.0141. The number of rotatable bonds is 3. The van der Waals surface area contributed by atoms with Gasteiger partial charge in [0.2, 0.25) is 0 Å². The van der Waals surface area contributed by atoms with Crippen molar-refractivity contribution in [3.63, 3.8) is 0 Å². The molecule has 0 radical (unpaired) electrons. The van der Waals surface area contributed by atoms with Crippen molar-refractivity contribution in [3.8, 4) is 0 Å². The van der Waals surface area contributed by atoms with Crippen LogP contribution in [0.4, 0.5) is 4.79 Å². The summed E-state index contributed by atoms with van der Waals surface area (Å²) in [5, 5.41) is 0.956. The Morgan fingerprint density at radius 1 is 0.871 bits per heavy atom. The maximum Gasteiger partial charge on any atom is 0.410 e. The quantitative estimate of drug-likeness (QED) is 0.633. The third-order valence-electron chi connectivity index (χ3n) is 5.43. The van der Waals surface area contributed by atoms with Gasteiger partial charge in [-0.15, -0.1) is 0 Å². The van der Waals surface area contributed by atoms with Crippen LogP contribution in [0.5, 0.6) is 0 Å². The standard InChI is InChI=1S/C25H29N3O3/c1-25(2,3)31-24(30)27-15-13-26(14-16-27)23(29)21-18-28(17-19-9-5-4-6-10-19)22-12-8-7-11-20(21)22/h4-12,18H,13-17H2,1-3H3. The van der Waals surface area contributed by atoms with Gasteiger partial charge in [-0.25, -0.2) is 4.79 Å². The molecule has 0 N–H and O–H groups in total. The summed E-state index contributed by atoms with van der Waals surface area (Å²) in [4.78, 5) is 29.2. The minimum absolute atomic E-state index is 0.00634. The Morgan fingerprint density at radius 2 is 1.48 bits per heavy atom. The Hall–Kier alpha value is -3.28. The molecule has 0 saturated carbocycles. The number of para-hydroxylation sites is 1. The number of amides is 2. The molecule has 6 heteroatoms. The van der Waals surface area contributed by atoms with E-state index in [0.29, 0.717) is 38.3 Å². The summed E-state index contributed by atoms with van der Waals surface area (Å²) >= 11 is 0. The van der Waals surface area contributed by atoms with E-state index in [1.807, 2.05) is 68.3 Å². The molecule has 4 rings (SSSR count). The molecule has 31 heavy (non-hydrogen) atoms. The van der Waals surface area contributed by atoms with Crippen molar-refractivity contribution in [1.29, 1.82) is 0 Å². The van der Waals surface area contributed by atoms with Crippen LogP contribution in [-0.2, 0) is 11.3 Å². The zero-order valence-electron chi connectivity index (χ0n) is 18.4. The first-order valence-corrected chi connectivity index (χ1v) is 10.7. The molecule has 162 valence electrons. The lowest BCUT2D eigenvalue weighted by atomic mass is 10.1. The number of aromatic nitrogens is 1. The van der Waals surface area contributed by atoms with Crippen LogP contribution in [0, 0.1) is 0 Å². The van der Waals surface area contributed by atoms with Crippen LogP contribution in [-0.4, -0.2) is 58.1 Å². The first-order valence-electron chi connectivity index (χ1n) is 10.7. The SMILES string of the molecule is CC(C)(C)OC(=O)N1CCN(C(=O)c2cn(Cc3ccccc3)c3ccccc23)CC1. The molecule has 3 aromatic rings. The summed E-state index contributed by atoms with van der Waals surface area (Å²) in [5.74, 6) is 0.00634. The van der Waals surface area contributed by atoms with E-state index in [2.05, 4.69) is 22.8 Å². The van der Waals surface area contributed by atoms with Gasteiger partial charge in [-0.05, 0) is 32.4 Å². The number of ether oxygens (including phenoxy) is 1. The van der Waals surface area contributed by atoms with E-state index in [9.17, 15) is 9.59 Å². The van der Waals surface area contributed by atoms with Crippen molar-refractivity contribution in [2.45, 2.75) is 32.9 Å². The van der Waals surface area contributed by atoms with Gasteiger partial charge in [0.25, 0.3) is 5.91 Å². The number of carbonyl (C=O) groups is 2. The highest BCUT2D eigenvalue weighted by Crippen LogP contribution is 2.24. The summed E-state index contributed by atoms with van der Waals surface area (Å²) in [6.45, 7) is 8.22. The highest BCUT2D eigenvalue weighted by Gasteiger charge is 2.29. The van der Waals surface area contributed by atoms with Crippen LogP contribution in [0.2, 0.25) is 0 Å². The fourth-order valence-electron chi connectivity index (χ4n) is 3.92. The Bertz CT molecular complexity index is 1070. The van der Waals surface area contributed by atoms with Gasteiger partial charge in [0, 0.05) is 49.8 Å². The number of hydrogen-bond acceptors (Lipinski definition) is 3. The predicted octanol–water partition coefficient (Wildman–Crippen LogP) is 4.38. The third kappa shape index (κ3) is 4.74. The number of hydrogen-bond donors (Lipinski definition) is 0. The average Bonchev–Trinajstić information content (AvgIpc) is 3.11. The summed E-state index contributed by atoms with van der Waals surface area (Å²) in [6.07, 6.45) is 1.64. The molecule has 2 aromatic carbocycles. The van der Waals surface area contributed by atoms with Crippen molar-refractivity contribution in [2.24, 2.45) is 0 Å². The van der Waals surface area contributed by atoms with Gasteiger partial charge >= 0.3 is 6.09 Å². The molecule has 6 nitrogen and oxygen atoms in total. The van der Waals surface area contributed by atoms with E-state index in [1.165, 1.54) is 5.56 Å². The molecule has 0 bridgehead atoms. The second-order valence-electron chi connectivity index (χ2n) is 8.93. The lowest BCUT2D eigenvalue weighted by Crippen LogP contribution is -2.51. The van der Waals surface area contributed by atoms with Crippen LogP contribution in [0.3, 0.4) is 0 Å². The van der Waals surface area contributed by atoms with E-state index in [4.69, 9.17) is 4.74 Å². The van der Waals surface area contributed by atoms with E-state index < -0.39 is 5.60 Å². The number of benzene rings is 2. The second-order valence-corrected chi connectivity index (χ2v) is 8.93. The molecular formula is C25H29N3O3.